The lowest BCUT2D eigenvalue weighted by atomic mass is 10.2. The molecule has 0 aliphatic rings. The summed E-state index contributed by atoms with van der Waals surface area (Å²) in [6, 6.07) is 21.3. The van der Waals surface area contributed by atoms with Gasteiger partial charge in [-0.1, -0.05) is 59.1 Å². The Morgan fingerprint density at radius 3 is 2.09 bits per heavy atom. The molecule has 5 nitrogen and oxygen atoms in total. The second-order valence-electron chi connectivity index (χ2n) is 7.69. The van der Waals surface area contributed by atoms with Crippen molar-refractivity contribution in [3.8, 4) is 0 Å². The van der Waals surface area contributed by atoms with Crippen molar-refractivity contribution < 1.29 is 13.2 Å². The van der Waals surface area contributed by atoms with E-state index in [-0.39, 0.29) is 17.3 Å². The van der Waals surface area contributed by atoms with Gasteiger partial charge in [-0.15, -0.1) is 0 Å². The van der Waals surface area contributed by atoms with Gasteiger partial charge in [-0.3, -0.25) is 9.10 Å². The van der Waals surface area contributed by atoms with Crippen molar-refractivity contribution in [1.29, 1.82) is 0 Å². The van der Waals surface area contributed by atoms with E-state index < -0.39 is 10.0 Å². The minimum absolute atomic E-state index is 0.129. The molecular formula is C25H27ClN2O3S2. The van der Waals surface area contributed by atoms with Crippen molar-refractivity contribution >= 4 is 45.0 Å². The lowest BCUT2D eigenvalue weighted by Crippen LogP contribution is -2.41. The van der Waals surface area contributed by atoms with E-state index in [0.29, 0.717) is 17.3 Å². The molecule has 0 radical (unpaired) electrons. The molecule has 0 aliphatic carbocycles. The van der Waals surface area contributed by atoms with Crippen LogP contribution in [0.2, 0.25) is 5.02 Å². The van der Waals surface area contributed by atoms with Crippen molar-refractivity contribution in [1.82, 2.24) is 5.32 Å². The zero-order valence-corrected chi connectivity index (χ0v) is 21.0. The summed E-state index contributed by atoms with van der Waals surface area (Å²) in [6.45, 7) is 4.07. The van der Waals surface area contributed by atoms with Crippen molar-refractivity contribution in [2.75, 3.05) is 23.1 Å². The Hall–Kier alpha value is -2.48. The number of thioether (sulfide) groups is 1. The van der Waals surface area contributed by atoms with Crippen LogP contribution in [0.5, 0.6) is 0 Å². The third kappa shape index (κ3) is 7.25. The van der Waals surface area contributed by atoms with Crippen LogP contribution in [0.15, 0.2) is 77.7 Å². The number of hydrogen-bond donors (Lipinski definition) is 1. The molecular weight excluding hydrogens is 476 g/mol. The first kappa shape index (κ1) is 25.1. The second-order valence-corrected chi connectivity index (χ2v) is 11.1. The van der Waals surface area contributed by atoms with E-state index in [1.807, 2.05) is 6.92 Å². The monoisotopic (exact) mass is 502 g/mol. The Labute approximate surface area is 205 Å². The number of rotatable bonds is 10. The SMILES string of the molecule is Cc1ccc(CSCCNC(=O)CN(c2ccc(Cl)cc2)S(=O)(=O)c2ccc(C)cc2)cc1. The zero-order valence-electron chi connectivity index (χ0n) is 18.6. The van der Waals surface area contributed by atoms with Crippen molar-refractivity contribution in [2.24, 2.45) is 0 Å². The second kappa shape index (κ2) is 11.6. The fourth-order valence-corrected chi connectivity index (χ4v) is 5.45. The maximum absolute atomic E-state index is 13.3. The number of nitrogens with zero attached hydrogens (tertiary/aromatic N) is 1. The van der Waals surface area contributed by atoms with E-state index in [1.165, 1.54) is 11.1 Å². The molecule has 0 saturated carbocycles. The summed E-state index contributed by atoms with van der Waals surface area (Å²) < 4.78 is 27.8. The van der Waals surface area contributed by atoms with Gasteiger partial charge in [0.15, 0.2) is 0 Å². The molecule has 174 valence electrons. The topological polar surface area (TPSA) is 66.5 Å². The number of benzene rings is 3. The summed E-state index contributed by atoms with van der Waals surface area (Å²) in [5.41, 5.74) is 3.79. The largest absolute Gasteiger partial charge is 0.354 e. The molecule has 0 aliphatic heterocycles. The average Bonchev–Trinajstić information content (AvgIpc) is 2.79. The number of halogens is 1. The van der Waals surface area contributed by atoms with Gasteiger partial charge >= 0.3 is 0 Å². The minimum atomic E-state index is -3.93. The number of hydrogen-bond acceptors (Lipinski definition) is 4. The van der Waals surface area contributed by atoms with Gasteiger partial charge < -0.3 is 5.32 Å². The predicted octanol–water partition coefficient (Wildman–Crippen LogP) is 5.20. The van der Waals surface area contributed by atoms with Crippen molar-refractivity contribution in [3.05, 3.63) is 94.5 Å². The van der Waals surface area contributed by atoms with Gasteiger partial charge in [0.1, 0.15) is 6.54 Å². The Balaban J connectivity index is 1.63. The fourth-order valence-electron chi connectivity index (χ4n) is 3.08. The first-order valence-corrected chi connectivity index (χ1v) is 13.5. The molecule has 0 heterocycles. The molecule has 33 heavy (non-hydrogen) atoms. The van der Waals surface area contributed by atoms with Gasteiger partial charge in [-0.2, -0.15) is 11.8 Å². The number of carbonyl (C=O) groups excluding carboxylic acids is 1. The quantitative estimate of drug-likeness (QED) is 0.387. The van der Waals surface area contributed by atoms with Crippen LogP contribution in [0, 0.1) is 13.8 Å². The molecule has 0 saturated heterocycles. The Morgan fingerprint density at radius 2 is 1.48 bits per heavy atom. The minimum Gasteiger partial charge on any atom is -0.354 e. The van der Waals surface area contributed by atoms with Gasteiger partial charge in [-0.25, -0.2) is 8.42 Å². The number of amides is 1. The Bertz CT molecular complexity index is 1160. The molecule has 0 unspecified atom stereocenters. The van der Waals surface area contributed by atoms with E-state index in [1.54, 1.807) is 60.3 Å². The summed E-state index contributed by atoms with van der Waals surface area (Å²) in [5.74, 6) is 1.22. The standard InChI is InChI=1S/C25H27ClN2O3S2/c1-19-3-7-21(8-4-19)18-32-16-15-27-25(29)17-28(23-11-9-22(26)10-12-23)33(30,31)24-13-5-20(2)6-14-24/h3-14H,15-18H2,1-2H3,(H,27,29). The average molecular weight is 503 g/mol. The Morgan fingerprint density at radius 1 is 0.909 bits per heavy atom. The first-order valence-electron chi connectivity index (χ1n) is 10.5. The van der Waals surface area contributed by atoms with Crippen LogP contribution in [-0.4, -0.2) is 33.2 Å². The fraction of sp³-hybridized carbons (Fsp3) is 0.240. The molecule has 0 spiro atoms. The number of sulfonamides is 1. The summed E-state index contributed by atoms with van der Waals surface area (Å²) in [7, 11) is -3.93. The van der Waals surface area contributed by atoms with Crippen LogP contribution < -0.4 is 9.62 Å². The molecule has 3 rings (SSSR count). The highest BCUT2D eigenvalue weighted by Crippen LogP contribution is 2.25. The summed E-state index contributed by atoms with van der Waals surface area (Å²) in [6.07, 6.45) is 0. The summed E-state index contributed by atoms with van der Waals surface area (Å²) in [5, 5.41) is 3.32. The highest BCUT2D eigenvalue weighted by molar-refractivity contribution is 7.98. The molecule has 0 atom stereocenters. The van der Waals surface area contributed by atoms with Crippen molar-refractivity contribution in [2.45, 2.75) is 24.5 Å². The number of aryl methyl sites for hydroxylation is 2. The van der Waals surface area contributed by atoms with Gasteiger partial charge in [0.05, 0.1) is 10.6 Å². The van der Waals surface area contributed by atoms with Gasteiger partial charge in [-0.05, 0) is 55.8 Å². The van der Waals surface area contributed by atoms with Crippen LogP contribution in [0.4, 0.5) is 5.69 Å². The normalized spacial score (nSPS) is 11.2. The van der Waals surface area contributed by atoms with Crippen LogP contribution in [0.3, 0.4) is 0 Å². The van der Waals surface area contributed by atoms with Crippen LogP contribution >= 0.6 is 23.4 Å². The third-order valence-corrected chi connectivity index (χ3v) is 8.04. The highest BCUT2D eigenvalue weighted by Gasteiger charge is 2.27. The molecule has 0 bridgehead atoms. The van der Waals surface area contributed by atoms with Crippen LogP contribution in [0.25, 0.3) is 0 Å². The molecule has 0 fully saturated rings. The Kier molecular flexibility index (Phi) is 8.83. The van der Waals surface area contributed by atoms with E-state index in [9.17, 15) is 13.2 Å². The van der Waals surface area contributed by atoms with E-state index in [2.05, 4.69) is 36.5 Å². The summed E-state index contributed by atoms with van der Waals surface area (Å²) >= 11 is 7.68. The predicted molar refractivity (Wildman–Crippen MR) is 138 cm³/mol. The molecule has 3 aromatic carbocycles. The smallest absolute Gasteiger partial charge is 0.264 e. The number of nitrogens with one attached hydrogen (secondary N) is 1. The maximum Gasteiger partial charge on any atom is 0.264 e. The van der Waals surface area contributed by atoms with E-state index in [4.69, 9.17) is 11.6 Å². The van der Waals surface area contributed by atoms with Gasteiger partial charge in [0, 0.05) is 23.1 Å². The van der Waals surface area contributed by atoms with Gasteiger partial charge in [0.25, 0.3) is 10.0 Å². The van der Waals surface area contributed by atoms with Crippen LogP contribution in [0.1, 0.15) is 16.7 Å². The van der Waals surface area contributed by atoms with E-state index >= 15 is 0 Å². The summed E-state index contributed by atoms with van der Waals surface area (Å²) in [4.78, 5) is 12.8. The third-order valence-electron chi connectivity index (χ3n) is 4.97. The van der Waals surface area contributed by atoms with E-state index in [0.717, 1.165) is 21.4 Å². The molecule has 1 N–H and O–H groups in total. The highest BCUT2D eigenvalue weighted by atomic mass is 35.5. The number of anilines is 1. The van der Waals surface area contributed by atoms with Crippen LogP contribution in [-0.2, 0) is 20.6 Å². The molecule has 1 amide bonds. The molecule has 0 aromatic heterocycles. The first-order chi connectivity index (χ1) is 15.8. The zero-order chi connectivity index (χ0) is 23.8. The number of carbonyl (C=O) groups is 1. The van der Waals surface area contributed by atoms with Gasteiger partial charge in [0.2, 0.25) is 5.91 Å². The lowest BCUT2D eigenvalue weighted by molar-refractivity contribution is -0.119. The molecule has 3 aromatic rings. The van der Waals surface area contributed by atoms with Crippen molar-refractivity contribution in [3.63, 3.8) is 0 Å². The molecule has 8 heteroatoms. The maximum atomic E-state index is 13.3. The lowest BCUT2D eigenvalue weighted by Gasteiger charge is -2.24.